The lowest BCUT2D eigenvalue weighted by atomic mass is 9.86. The second kappa shape index (κ2) is 7.50. The van der Waals surface area contributed by atoms with E-state index in [-0.39, 0.29) is 25.1 Å². The van der Waals surface area contributed by atoms with Crippen LogP contribution in [-0.4, -0.2) is 52.7 Å². The van der Waals surface area contributed by atoms with Crippen LogP contribution >= 0.6 is 0 Å². The lowest BCUT2D eigenvalue weighted by Gasteiger charge is -2.30. The number of nitrogens with zero attached hydrogens (tertiary/aromatic N) is 3. The number of rotatable bonds is 4. The number of piperidine rings is 1. The van der Waals surface area contributed by atoms with Crippen molar-refractivity contribution in [1.29, 1.82) is 0 Å². The fourth-order valence-electron chi connectivity index (χ4n) is 3.62. The number of carbonyl (C=O) groups excluding carboxylic acids is 1. The Bertz CT molecular complexity index is 849. The number of hydrogen-bond acceptors (Lipinski definition) is 7. The van der Waals surface area contributed by atoms with Crippen molar-refractivity contribution in [3.05, 3.63) is 41.1 Å². The Morgan fingerprint density at radius 1 is 1.37 bits per heavy atom. The first-order valence-electron chi connectivity index (χ1n) is 9.11. The van der Waals surface area contributed by atoms with Crippen LogP contribution in [0, 0.1) is 0 Å². The summed E-state index contributed by atoms with van der Waals surface area (Å²) in [6.45, 7) is 2.24. The molecule has 0 radical (unpaired) electrons. The van der Waals surface area contributed by atoms with Crippen molar-refractivity contribution in [2.75, 3.05) is 32.2 Å². The maximum atomic E-state index is 11.7. The summed E-state index contributed by atoms with van der Waals surface area (Å²) in [6, 6.07) is 5.99. The van der Waals surface area contributed by atoms with Gasteiger partial charge in [-0.15, -0.1) is 0 Å². The van der Waals surface area contributed by atoms with Gasteiger partial charge >= 0.3 is 0 Å². The van der Waals surface area contributed by atoms with Crippen LogP contribution in [0.4, 0.5) is 11.6 Å². The van der Waals surface area contributed by atoms with Gasteiger partial charge in [0.1, 0.15) is 5.56 Å². The van der Waals surface area contributed by atoms with Crippen molar-refractivity contribution < 1.29 is 14.6 Å². The van der Waals surface area contributed by atoms with E-state index >= 15 is 0 Å². The molecular weight excluding hydrogens is 346 g/mol. The maximum Gasteiger partial charge on any atom is 0.260 e. The van der Waals surface area contributed by atoms with Gasteiger partial charge < -0.3 is 25.4 Å². The molecule has 0 unspecified atom stereocenters. The summed E-state index contributed by atoms with van der Waals surface area (Å²) < 4.78 is 5.36. The van der Waals surface area contributed by atoms with E-state index in [0.717, 1.165) is 37.2 Å². The first-order valence-corrected chi connectivity index (χ1v) is 9.11. The summed E-state index contributed by atoms with van der Waals surface area (Å²) >= 11 is 0. The monoisotopic (exact) mass is 369 g/mol. The van der Waals surface area contributed by atoms with Gasteiger partial charge in [-0.25, -0.2) is 4.98 Å². The van der Waals surface area contributed by atoms with Crippen molar-refractivity contribution in [1.82, 2.24) is 20.2 Å². The molecule has 142 valence electrons. The third-order valence-corrected chi connectivity index (χ3v) is 5.17. The summed E-state index contributed by atoms with van der Waals surface area (Å²) in [5, 5.41) is 15.5. The molecule has 3 heterocycles. The van der Waals surface area contributed by atoms with E-state index in [2.05, 4.69) is 38.6 Å². The Kier molecular flexibility index (Phi) is 4.91. The molecule has 2 aliphatic rings. The zero-order chi connectivity index (χ0) is 18.8. The van der Waals surface area contributed by atoms with E-state index in [0.29, 0.717) is 17.4 Å². The topological polar surface area (TPSA) is 99.6 Å². The van der Waals surface area contributed by atoms with E-state index in [1.807, 2.05) is 12.1 Å². The van der Waals surface area contributed by atoms with Crippen LogP contribution in [0.25, 0.3) is 0 Å². The van der Waals surface area contributed by atoms with Crippen LogP contribution in [0.15, 0.2) is 24.4 Å². The van der Waals surface area contributed by atoms with Crippen molar-refractivity contribution >= 4 is 17.5 Å². The van der Waals surface area contributed by atoms with Gasteiger partial charge in [0.15, 0.2) is 6.73 Å². The molecule has 4 rings (SSSR count). The largest absolute Gasteiger partial charge is 0.456 e. The van der Waals surface area contributed by atoms with Crippen LogP contribution in [0.5, 0.6) is 5.88 Å². The summed E-state index contributed by atoms with van der Waals surface area (Å²) in [5.74, 6) is 0.845. The number of carbonyl (C=O) groups is 1. The number of amides is 1. The average Bonchev–Trinajstić information content (AvgIpc) is 2.69. The number of aliphatic hydroxyl groups excluding tert-OH is 1. The molecule has 1 aromatic heterocycles. The SMILES string of the molecule is CN1CCC(c2ccc(Nc3ncc4c(n3)OCNC4=O)cc2CO)CC1. The Morgan fingerprint density at radius 2 is 2.19 bits per heavy atom. The smallest absolute Gasteiger partial charge is 0.260 e. The number of hydrogen-bond donors (Lipinski definition) is 3. The van der Waals surface area contributed by atoms with Gasteiger partial charge in [0.05, 0.1) is 6.61 Å². The molecule has 1 aromatic carbocycles. The molecule has 1 saturated heterocycles. The molecule has 27 heavy (non-hydrogen) atoms. The highest BCUT2D eigenvalue weighted by atomic mass is 16.5. The van der Waals surface area contributed by atoms with Gasteiger partial charge in [-0.1, -0.05) is 6.07 Å². The van der Waals surface area contributed by atoms with Crippen molar-refractivity contribution in [3.8, 4) is 5.88 Å². The maximum absolute atomic E-state index is 11.7. The number of ether oxygens (including phenoxy) is 1. The quantitative estimate of drug-likeness (QED) is 0.753. The van der Waals surface area contributed by atoms with Gasteiger partial charge in [-0.3, -0.25) is 4.79 Å². The van der Waals surface area contributed by atoms with E-state index in [1.165, 1.54) is 11.8 Å². The summed E-state index contributed by atoms with van der Waals surface area (Å²) in [7, 11) is 2.14. The van der Waals surface area contributed by atoms with Crippen LogP contribution in [-0.2, 0) is 6.61 Å². The van der Waals surface area contributed by atoms with Gasteiger partial charge in [0.25, 0.3) is 5.91 Å². The van der Waals surface area contributed by atoms with E-state index in [4.69, 9.17) is 4.74 Å². The number of benzene rings is 1. The molecule has 2 aromatic rings. The number of nitrogens with one attached hydrogen (secondary N) is 2. The van der Waals surface area contributed by atoms with Gasteiger partial charge in [0, 0.05) is 11.9 Å². The Labute approximate surface area is 157 Å². The molecule has 0 bridgehead atoms. The van der Waals surface area contributed by atoms with Gasteiger partial charge in [0.2, 0.25) is 11.8 Å². The first kappa shape index (κ1) is 17.7. The highest BCUT2D eigenvalue weighted by molar-refractivity contribution is 5.96. The number of likely N-dealkylation sites (tertiary alicyclic amines) is 1. The minimum absolute atomic E-state index is 0.00841. The molecule has 8 nitrogen and oxygen atoms in total. The second-order valence-corrected chi connectivity index (χ2v) is 6.98. The molecule has 2 aliphatic heterocycles. The Hall–Kier alpha value is -2.71. The highest BCUT2D eigenvalue weighted by Crippen LogP contribution is 2.32. The third-order valence-electron chi connectivity index (χ3n) is 5.17. The molecule has 0 atom stereocenters. The summed E-state index contributed by atoms with van der Waals surface area (Å²) in [5.41, 5.74) is 3.24. The molecule has 0 saturated carbocycles. The molecule has 1 amide bonds. The second-order valence-electron chi connectivity index (χ2n) is 6.98. The molecule has 1 fully saturated rings. The normalized spacial score (nSPS) is 17.8. The van der Waals surface area contributed by atoms with E-state index in [1.54, 1.807) is 0 Å². The van der Waals surface area contributed by atoms with Crippen LogP contribution in [0.1, 0.15) is 40.2 Å². The summed E-state index contributed by atoms with van der Waals surface area (Å²) in [4.78, 5) is 22.5. The standard InChI is InChI=1S/C19H23N5O3/c1-24-6-4-12(5-7-24)15-3-2-14(8-13(15)10-25)22-19-20-9-16-17(26)21-11-27-18(16)23-19/h2-3,8-9,12,25H,4-7,10-11H2,1H3,(H,21,26)(H,20,22,23). The molecular formula is C19H23N5O3. The fraction of sp³-hybridized carbons (Fsp3) is 0.421. The van der Waals surface area contributed by atoms with Crippen LogP contribution in [0.3, 0.4) is 0 Å². The lowest BCUT2D eigenvalue weighted by molar-refractivity contribution is 0.0877. The minimum Gasteiger partial charge on any atom is -0.456 e. The Balaban J connectivity index is 1.54. The van der Waals surface area contributed by atoms with Gasteiger partial charge in [-0.05, 0) is 62.2 Å². The third kappa shape index (κ3) is 3.72. The first-order chi connectivity index (χ1) is 13.1. The predicted octanol–water partition coefficient (Wildman–Crippen LogP) is 1.60. The minimum atomic E-state index is -0.243. The fourth-order valence-corrected chi connectivity index (χ4v) is 3.62. The van der Waals surface area contributed by atoms with Crippen molar-refractivity contribution in [2.45, 2.75) is 25.4 Å². The Morgan fingerprint density at radius 3 is 2.96 bits per heavy atom. The molecule has 3 N–H and O–H groups in total. The van der Waals surface area contributed by atoms with E-state index in [9.17, 15) is 9.90 Å². The zero-order valence-electron chi connectivity index (χ0n) is 15.2. The molecule has 0 spiro atoms. The van der Waals surface area contributed by atoms with Gasteiger partial charge in [-0.2, -0.15) is 4.98 Å². The van der Waals surface area contributed by atoms with Crippen LogP contribution < -0.4 is 15.4 Å². The lowest BCUT2D eigenvalue weighted by Crippen LogP contribution is -2.33. The van der Waals surface area contributed by atoms with E-state index < -0.39 is 0 Å². The number of anilines is 2. The van der Waals surface area contributed by atoms with Crippen molar-refractivity contribution in [2.24, 2.45) is 0 Å². The summed E-state index contributed by atoms with van der Waals surface area (Å²) in [6.07, 6.45) is 3.65. The average molecular weight is 369 g/mol. The number of fused-ring (bicyclic) bond motifs is 1. The highest BCUT2D eigenvalue weighted by Gasteiger charge is 2.22. The molecule has 8 heteroatoms. The number of aliphatic hydroxyl groups is 1. The zero-order valence-corrected chi connectivity index (χ0v) is 15.2. The van der Waals surface area contributed by atoms with Crippen molar-refractivity contribution in [3.63, 3.8) is 0 Å². The van der Waals surface area contributed by atoms with Crippen LogP contribution in [0.2, 0.25) is 0 Å². The number of aromatic nitrogens is 2. The molecule has 0 aliphatic carbocycles. The predicted molar refractivity (Wildman–Crippen MR) is 100 cm³/mol.